The molecule has 0 aliphatic carbocycles. The van der Waals surface area contributed by atoms with Crippen LogP contribution in [0.1, 0.15) is 25.2 Å². The molecule has 0 aliphatic heterocycles. The normalized spacial score (nSPS) is 11.5. The Morgan fingerprint density at radius 1 is 1.33 bits per heavy atom. The monoisotopic (exact) mass is 386 g/mol. The van der Waals surface area contributed by atoms with Crippen LogP contribution in [0, 0.1) is 0 Å². The fourth-order valence-electron chi connectivity index (χ4n) is 2.63. The van der Waals surface area contributed by atoms with Gasteiger partial charge in [-0.3, -0.25) is 0 Å². The van der Waals surface area contributed by atoms with Gasteiger partial charge in [0.15, 0.2) is 5.96 Å². The molecule has 6 nitrogen and oxygen atoms in total. The second-order valence-corrected chi connectivity index (χ2v) is 7.40. The van der Waals surface area contributed by atoms with Gasteiger partial charge >= 0.3 is 0 Å². The predicted molar refractivity (Wildman–Crippen MR) is 114 cm³/mol. The van der Waals surface area contributed by atoms with Crippen molar-refractivity contribution in [3.8, 4) is 0 Å². The number of hydrogen-bond donors (Lipinski definition) is 1. The Labute approximate surface area is 166 Å². The van der Waals surface area contributed by atoms with Crippen molar-refractivity contribution in [2.24, 2.45) is 4.99 Å². The molecule has 0 atom stereocenters. The van der Waals surface area contributed by atoms with Gasteiger partial charge in [-0.15, -0.1) is 22.0 Å². The highest BCUT2D eigenvalue weighted by molar-refractivity contribution is 7.98. The number of aliphatic imine (C=N–C) groups is 1. The molecule has 0 fully saturated rings. The first kappa shape index (κ1) is 21.0. The lowest BCUT2D eigenvalue weighted by atomic mass is 10.2. The first-order chi connectivity index (χ1) is 13.0. The molecule has 0 amide bonds. The minimum absolute atomic E-state index is 0.616. The lowest BCUT2D eigenvalue weighted by Crippen LogP contribution is -2.40. The maximum Gasteiger partial charge on any atom is 0.194 e. The lowest BCUT2D eigenvalue weighted by Gasteiger charge is -2.23. The Balaban J connectivity index is 1.99. The molecule has 1 aromatic heterocycles. The summed E-state index contributed by atoms with van der Waals surface area (Å²) >= 11 is 1.75. The molecule has 0 saturated carbocycles. The number of aromatic nitrogens is 3. The average molecular weight is 387 g/mol. The molecule has 0 aliphatic rings. The maximum atomic E-state index is 4.70. The molecule has 7 heteroatoms. The molecule has 0 bridgehead atoms. The summed E-state index contributed by atoms with van der Waals surface area (Å²) in [7, 11) is 2.06. The third-order valence-corrected chi connectivity index (χ3v) is 4.83. The Morgan fingerprint density at radius 2 is 2.07 bits per heavy atom. The van der Waals surface area contributed by atoms with Gasteiger partial charge in [-0.2, -0.15) is 0 Å². The average Bonchev–Trinajstić information content (AvgIpc) is 3.12. The van der Waals surface area contributed by atoms with E-state index in [1.807, 2.05) is 6.92 Å². The van der Waals surface area contributed by atoms with Crippen LogP contribution in [0.25, 0.3) is 0 Å². The molecule has 1 heterocycles. The highest BCUT2D eigenvalue weighted by atomic mass is 32.2. The van der Waals surface area contributed by atoms with Crippen molar-refractivity contribution in [3.63, 3.8) is 0 Å². The summed E-state index contributed by atoms with van der Waals surface area (Å²) in [4.78, 5) is 8.12. The number of guanidine groups is 1. The van der Waals surface area contributed by atoms with Crippen molar-refractivity contribution in [1.82, 2.24) is 25.0 Å². The first-order valence-corrected chi connectivity index (χ1v) is 10.4. The molecule has 2 aromatic rings. The van der Waals surface area contributed by atoms with Crippen LogP contribution < -0.4 is 5.32 Å². The quantitative estimate of drug-likeness (QED) is 0.310. The zero-order valence-corrected chi connectivity index (χ0v) is 17.6. The van der Waals surface area contributed by atoms with Gasteiger partial charge in [0, 0.05) is 38.0 Å². The van der Waals surface area contributed by atoms with Crippen LogP contribution in [0.2, 0.25) is 0 Å². The van der Waals surface area contributed by atoms with Gasteiger partial charge in [-0.1, -0.05) is 31.2 Å². The predicted octanol–water partition coefficient (Wildman–Crippen LogP) is 3.22. The van der Waals surface area contributed by atoms with Crippen LogP contribution in [0.3, 0.4) is 0 Å². The Kier molecular flexibility index (Phi) is 8.39. The zero-order chi connectivity index (χ0) is 19.6. The van der Waals surface area contributed by atoms with Crippen LogP contribution >= 0.6 is 11.8 Å². The molecule has 0 saturated heterocycles. The number of nitrogens with one attached hydrogen (secondary N) is 1. The molecular weight excluding hydrogens is 356 g/mol. The van der Waals surface area contributed by atoms with E-state index < -0.39 is 0 Å². The summed E-state index contributed by atoms with van der Waals surface area (Å²) in [5, 5.41) is 11.6. The number of hydrogen-bond acceptors (Lipinski definition) is 4. The number of nitrogens with zero attached hydrogens (tertiary/aromatic N) is 5. The summed E-state index contributed by atoms with van der Waals surface area (Å²) in [6.07, 6.45) is 4.75. The van der Waals surface area contributed by atoms with Crippen molar-refractivity contribution < 1.29 is 0 Å². The lowest BCUT2D eigenvalue weighted by molar-refractivity contribution is 0.471. The van der Waals surface area contributed by atoms with E-state index >= 15 is 0 Å². The van der Waals surface area contributed by atoms with E-state index in [4.69, 9.17) is 4.99 Å². The van der Waals surface area contributed by atoms with Crippen molar-refractivity contribution in [2.75, 3.05) is 26.4 Å². The number of thioether (sulfide) groups is 1. The van der Waals surface area contributed by atoms with Gasteiger partial charge in [0.05, 0.1) is 6.54 Å². The molecule has 0 spiro atoms. The largest absolute Gasteiger partial charge is 0.354 e. The van der Waals surface area contributed by atoms with Gasteiger partial charge in [-0.25, -0.2) is 4.99 Å². The van der Waals surface area contributed by atoms with E-state index in [1.165, 1.54) is 10.5 Å². The Bertz CT molecular complexity index is 750. The van der Waals surface area contributed by atoms with E-state index in [-0.39, 0.29) is 0 Å². The fraction of sp³-hybridized carbons (Fsp3) is 0.450. The topological polar surface area (TPSA) is 58.3 Å². The minimum atomic E-state index is 0.616. The van der Waals surface area contributed by atoms with Gasteiger partial charge < -0.3 is 14.8 Å². The number of aryl methyl sites for hydroxylation is 1. The van der Waals surface area contributed by atoms with E-state index in [2.05, 4.69) is 76.1 Å². The van der Waals surface area contributed by atoms with E-state index in [1.54, 1.807) is 18.1 Å². The van der Waals surface area contributed by atoms with Crippen LogP contribution in [-0.2, 0) is 19.5 Å². The summed E-state index contributed by atoms with van der Waals surface area (Å²) in [6.45, 7) is 11.0. The highest BCUT2D eigenvalue weighted by Gasteiger charge is 2.08. The van der Waals surface area contributed by atoms with Crippen LogP contribution in [0.5, 0.6) is 0 Å². The van der Waals surface area contributed by atoms with E-state index in [9.17, 15) is 0 Å². The molecule has 27 heavy (non-hydrogen) atoms. The highest BCUT2D eigenvalue weighted by Crippen LogP contribution is 2.15. The van der Waals surface area contributed by atoms with Crippen molar-refractivity contribution in [3.05, 3.63) is 54.1 Å². The van der Waals surface area contributed by atoms with Gasteiger partial charge in [-0.05, 0) is 30.9 Å². The zero-order valence-electron chi connectivity index (χ0n) is 16.8. The second-order valence-electron chi connectivity index (χ2n) is 6.52. The molecule has 1 N–H and O–H groups in total. The SMILES string of the molecule is C=C(C)CN=C(NCCn1cnnc1CC)N(C)Cc1ccc(SC)cc1. The maximum absolute atomic E-state index is 4.70. The molecule has 0 radical (unpaired) electrons. The molecular formula is C20H30N6S. The number of benzene rings is 1. The summed E-state index contributed by atoms with van der Waals surface area (Å²) in [5.74, 6) is 1.87. The van der Waals surface area contributed by atoms with E-state index in [0.29, 0.717) is 6.54 Å². The summed E-state index contributed by atoms with van der Waals surface area (Å²) in [5.41, 5.74) is 2.30. The van der Waals surface area contributed by atoms with Gasteiger partial charge in [0.1, 0.15) is 12.2 Å². The van der Waals surface area contributed by atoms with Gasteiger partial charge in [0.25, 0.3) is 0 Å². The smallest absolute Gasteiger partial charge is 0.194 e. The second kappa shape index (κ2) is 10.8. The van der Waals surface area contributed by atoms with Crippen molar-refractivity contribution >= 4 is 17.7 Å². The fourth-order valence-corrected chi connectivity index (χ4v) is 3.04. The minimum Gasteiger partial charge on any atom is -0.354 e. The molecule has 1 aromatic carbocycles. The van der Waals surface area contributed by atoms with Gasteiger partial charge in [0.2, 0.25) is 0 Å². The molecule has 0 unspecified atom stereocenters. The van der Waals surface area contributed by atoms with Crippen molar-refractivity contribution in [2.45, 2.75) is 38.3 Å². The third-order valence-electron chi connectivity index (χ3n) is 4.09. The van der Waals surface area contributed by atoms with E-state index in [0.717, 1.165) is 43.4 Å². The Morgan fingerprint density at radius 3 is 2.70 bits per heavy atom. The van der Waals surface area contributed by atoms with Crippen LogP contribution in [0.15, 0.2) is 52.6 Å². The standard InChI is InChI=1S/C20H30N6S/c1-6-19-24-23-15-26(19)12-11-21-20(22-13-16(2)3)25(4)14-17-7-9-18(27-5)10-8-17/h7-10,15H,2,6,11-14H2,1,3-5H3,(H,21,22). The summed E-state index contributed by atoms with van der Waals surface area (Å²) in [6, 6.07) is 8.65. The molecule has 146 valence electrons. The first-order valence-electron chi connectivity index (χ1n) is 9.17. The van der Waals surface area contributed by atoms with Crippen LogP contribution in [0.4, 0.5) is 0 Å². The molecule has 2 rings (SSSR count). The summed E-state index contributed by atoms with van der Waals surface area (Å²) < 4.78 is 2.07. The number of rotatable bonds is 9. The third kappa shape index (κ3) is 6.75. The van der Waals surface area contributed by atoms with Crippen LogP contribution in [-0.4, -0.2) is 52.0 Å². The van der Waals surface area contributed by atoms with Crippen molar-refractivity contribution in [1.29, 1.82) is 0 Å². The Hall–Kier alpha value is -2.28.